The second kappa shape index (κ2) is 6.74. The minimum Gasteiger partial charge on any atom is -0.447 e. The molecular weight excluding hydrogens is 214 g/mol. The lowest BCUT2D eigenvalue weighted by Crippen LogP contribution is -2.27. The second-order valence-corrected chi connectivity index (χ2v) is 3.92. The molecule has 0 aliphatic carbocycles. The lowest BCUT2D eigenvalue weighted by molar-refractivity contribution is 0.104. The molecule has 92 valence electrons. The molecule has 0 fully saturated rings. The van der Waals surface area contributed by atoms with E-state index in [4.69, 9.17) is 4.74 Å². The molecular formula is C14H19NO2. The zero-order valence-corrected chi connectivity index (χ0v) is 10.4. The number of carbonyl (C=O) groups excluding carboxylic acids is 1. The summed E-state index contributed by atoms with van der Waals surface area (Å²) in [5, 5.41) is 2.71. The summed E-state index contributed by atoms with van der Waals surface area (Å²) in [5.41, 5.74) is 2.10. The van der Waals surface area contributed by atoms with Crippen LogP contribution < -0.4 is 5.32 Å². The third-order valence-corrected chi connectivity index (χ3v) is 2.54. The highest BCUT2D eigenvalue weighted by Gasteiger charge is 2.06. The molecule has 1 rings (SSSR count). The van der Waals surface area contributed by atoms with E-state index >= 15 is 0 Å². The van der Waals surface area contributed by atoms with Crippen LogP contribution in [0.1, 0.15) is 31.4 Å². The van der Waals surface area contributed by atoms with E-state index in [1.807, 2.05) is 38.1 Å². The van der Waals surface area contributed by atoms with Gasteiger partial charge in [0.05, 0.1) is 0 Å². The Kier molecular flexibility index (Phi) is 5.27. The van der Waals surface area contributed by atoms with Gasteiger partial charge in [-0.25, -0.2) is 4.79 Å². The summed E-state index contributed by atoms with van der Waals surface area (Å²) in [6, 6.07) is 7.84. The number of benzene rings is 1. The van der Waals surface area contributed by atoms with Gasteiger partial charge < -0.3 is 10.1 Å². The Morgan fingerprint density at radius 3 is 2.65 bits per heavy atom. The maximum atomic E-state index is 11.4. The summed E-state index contributed by atoms with van der Waals surface area (Å²) >= 11 is 0. The fraction of sp³-hybridized carbons (Fsp3) is 0.357. The lowest BCUT2D eigenvalue weighted by atomic mass is 10.1. The predicted molar refractivity (Wildman–Crippen MR) is 69.6 cm³/mol. The molecule has 1 N–H and O–H groups in total. The van der Waals surface area contributed by atoms with Crippen LogP contribution in [0.2, 0.25) is 0 Å². The molecule has 0 aliphatic heterocycles. The molecule has 0 aliphatic rings. The summed E-state index contributed by atoms with van der Waals surface area (Å²) in [6.07, 6.45) is 2.20. The van der Waals surface area contributed by atoms with E-state index in [-0.39, 0.29) is 12.2 Å². The standard InChI is InChI=1S/C14H19NO2/c1-4-11(3)17-14(16)15-10-13-8-6-12(5-2)7-9-13/h5-9,11H,2,4,10H2,1,3H3,(H,15,16). The van der Waals surface area contributed by atoms with Gasteiger partial charge in [0.1, 0.15) is 6.10 Å². The minimum absolute atomic E-state index is 0.0434. The van der Waals surface area contributed by atoms with Crippen LogP contribution in [0.4, 0.5) is 4.79 Å². The minimum atomic E-state index is -0.368. The van der Waals surface area contributed by atoms with Crippen molar-refractivity contribution < 1.29 is 9.53 Å². The monoisotopic (exact) mass is 233 g/mol. The number of amides is 1. The first-order valence-corrected chi connectivity index (χ1v) is 5.81. The van der Waals surface area contributed by atoms with Gasteiger partial charge in [-0.3, -0.25) is 0 Å². The molecule has 1 aromatic rings. The Bertz CT molecular complexity index is 370. The maximum absolute atomic E-state index is 11.4. The zero-order chi connectivity index (χ0) is 12.7. The van der Waals surface area contributed by atoms with Gasteiger partial charge in [0.25, 0.3) is 0 Å². The van der Waals surface area contributed by atoms with Gasteiger partial charge in [-0.1, -0.05) is 43.8 Å². The first kappa shape index (κ1) is 13.3. The number of rotatable bonds is 5. The van der Waals surface area contributed by atoms with E-state index in [1.165, 1.54) is 0 Å². The van der Waals surface area contributed by atoms with Gasteiger partial charge in [0, 0.05) is 6.54 Å². The zero-order valence-electron chi connectivity index (χ0n) is 10.4. The summed E-state index contributed by atoms with van der Waals surface area (Å²) in [4.78, 5) is 11.4. The van der Waals surface area contributed by atoms with Crippen LogP contribution in [0.3, 0.4) is 0 Å². The number of ether oxygens (including phenoxy) is 1. The van der Waals surface area contributed by atoms with E-state index < -0.39 is 0 Å². The molecule has 3 heteroatoms. The van der Waals surface area contributed by atoms with Crippen molar-refractivity contribution in [2.45, 2.75) is 32.9 Å². The van der Waals surface area contributed by atoms with E-state index in [0.717, 1.165) is 17.5 Å². The Hall–Kier alpha value is -1.77. The van der Waals surface area contributed by atoms with Crippen molar-refractivity contribution in [2.75, 3.05) is 0 Å². The number of hydrogen-bond donors (Lipinski definition) is 1. The van der Waals surface area contributed by atoms with E-state index in [9.17, 15) is 4.79 Å². The molecule has 1 unspecified atom stereocenters. The highest BCUT2D eigenvalue weighted by atomic mass is 16.6. The van der Waals surface area contributed by atoms with Crippen LogP contribution in [-0.2, 0) is 11.3 Å². The molecule has 0 saturated carbocycles. The lowest BCUT2D eigenvalue weighted by Gasteiger charge is -2.11. The van der Waals surface area contributed by atoms with Crippen molar-refractivity contribution >= 4 is 12.2 Å². The van der Waals surface area contributed by atoms with Gasteiger partial charge in [0.15, 0.2) is 0 Å². The first-order valence-electron chi connectivity index (χ1n) is 5.81. The molecule has 17 heavy (non-hydrogen) atoms. The molecule has 0 radical (unpaired) electrons. The molecule has 1 atom stereocenters. The van der Waals surface area contributed by atoms with Gasteiger partial charge in [-0.05, 0) is 24.5 Å². The fourth-order valence-electron chi connectivity index (χ4n) is 1.25. The molecule has 1 amide bonds. The molecule has 0 saturated heterocycles. The van der Waals surface area contributed by atoms with Crippen molar-refractivity contribution in [1.29, 1.82) is 0 Å². The van der Waals surface area contributed by atoms with Gasteiger partial charge >= 0.3 is 6.09 Å². The van der Waals surface area contributed by atoms with Crippen molar-refractivity contribution in [3.8, 4) is 0 Å². The van der Waals surface area contributed by atoms with Crippen LogP contribution in [0, 0.1) is 0 Å². The van der Waals surface area contributed by atoms with E-state index in [1.54, 1.807) is 6.08 Å². The Morgan fingerprint density at radius 2 is 2.12 bits per heavy atom. The van der Waals surface area contributed by atoms with Crippen LogP contribution in [0.15, 0.2) is 30.8 Å². The number of carbonyl (C=O) groups is 1. The van der Waals surface area contributed by atoms with Crippen LogP contribution >= 0.6 is 0 Å². The third-order valence-electron chi connectivity index (χ3n) is 2.54. The average Bonchev–Trinajstić information content (AvgIpc) is 2.36. The number of alkyl carbamates (subject to hydrolysis) is 1. The molecule has 1 aromatic carbocycles. The fourth-order valence-corrected chi connectivity index (χ4v) is 1.25. The smallest absolute Gasteiger partial charge is 0.407 e. The number of nitrogens with one attached hydrogen (secondary N) is 1. The quantitative estimate of drug-likeness (QED) is 0.847. The third kappa shape index (κ3) is 4.72. The Balaban J connectivity index is 2.39. The Morgan fingerprint density at radius 1 is 1.47 bits per heavy atom. The van der Waals surface area contributed by atoms with Crippen LogP contribution in [0.25, 0.3) is 6.08 Å². The Labute approximate surface area is 102 Å². The highest BCUT2D eigenvalue weighted by Crippen LogP contribution is 2.05. The summed E-state index contributed by atoms with van der Waals surface area (Å²) in [6.45, 7) is 8.02. The molecule has 0 bridgehead atoms. The SMILES string of the molecule is C=Cc1ccc(CNC(=O)OC(C)CC)cc1. The predicted octanol–water partition coefficient (Wildman–Crippen LogP) is 3.35. The van der Waals surface area contributed by atoms with Gasteiger partial charge in [-0.15, -0.1) is 0 Å². The largest absolute Gasteiger partial charge is 0.447 e. The summed E-state index contributed by atoms with van der Waals surface area (Å²) in [7, 11) is 0. The number of hydrogen-bond acceptors (Lipinski definition) is 2. The van der Waals surface area contributed by atoms with Gasteiger partial charge in [0.2, 0.25) is 0 Å². The van der Waals surface area contributed by atoms with Crippen LogP contribution in [-0.4, -0.2) is 12.2 Å². The van der Waals surface area contributed by atoms with E-state index in [2.05, 4.69) is 11.9 Å². The van der Waals surface area contributed by atoms with Crippen molar-refractivity contribution in [1.82, 2.24) is 5.32 Å². The molecule has 0 spiro atoms. The normalized spacial score (nSPS) is 11.6. The first-order chi connectivity index (χ1) is 8.15. The maximum Gasteiger partial charge on any atom is 0.407 e. The van der Waals surface area contributed by atoms with E-state index in [0.29, 0.717) is 6.54 Å². The van der Waals surface area contributed by atoms with Crippen LogP contribution in [0.5, 0.6) is 0 Å². The molecule has 0 aromatic heterocycles. The summed E-state index contributed by atoms with van der Waals surface area (Å²) < 4.78 is 5.10. The second-order valence-electron chi connectivity index (χ2n) is 3.92. The summed E-state index contributed by atoms with van der Waals surface area (Å²) in [5.74, 6) is 0. The van der Waals surface area contributed by atoms with Gasteiger partial charge in [-0.2, -0.15) is 0 Å². The topological polar surface area (TPSA) is 38.3 Å². The van der Waals surface area contributed by atoms with Crippen molar-refractivity contribution in [3.05, 3.63) is 42.0 Å². The van der Waals surface area contributed by atoms with Crippen molar-refractivity contribution in [3.63, 3.8) is 0 Å². The highest BCUT2D eigenvalue weighted by molar-refractivity contribution is 5.67. The average molecular weight is 233 g/mol. The molecule has 3 nitrogen and oxygen atoms in total. The molecule has 0 heterocycles. The van der Waals surface area contributed by atoms with Crippen molar-refractivity contribution in [2.24, 2.45) is 0 Å².